The third-order valence-corrected chi connectivity index (χ3v) is 2.42. The van der Waals surface area contributed by atoms with Crippen molar-refractivity contribution >= 4 is 23.2 Å². The van der Waals surface area contributed by atoms with E-state index in [4.69, 9.17) is 22.4 Å². The molecule has 0 bridgehead atoms. The van der Waals surface area contributed by atoms with E-state index in [0.717, 1.165) is 6.07 Å². The summed E-state index contributed by atoms with van der Waals surface area (Å²) in [6.07, 6.45) is -3.40. The number of aromatic nitrogens is 1. The van der Waals surface area contributed by atoms with Crippen LogP contribution in [0.2, 0.25) is 5.15 Å². The quantitative estimate of drug-likeness (QED) is 0.821. The first kappa shape index (κ1) is 15.5. The number of pyridine rings is 1. The molecule has 0 aromatic carbocycles. The molecule has 0 aliphatic rings. The number of hydrogen-bond acceptors (Lipinski definition) is 4. The van der Waals surface area contributed by atoms with Crippen molar-refractivity contribution in [2.45, 2.75) is 6.18 Å². The van der Waals surface area contributed by atoms with E-state index in [2.05, 4.69) is 4.98 Å². The molecule has 0 fully saturated rings. The van der Waals surface area contributed by atoms with Gasteiger partial charge in [0.05, 0.1) is 24.1 Å². The van der Waals surface area contributed by atoms with Crippen LogP contribution in [-0.2, 0) is 0 Å². The van der Waals surface area contributed by atoms with Gasteiger partial charge in [0.2, 0.25) is 0 Å². The number of carbonyl (C=O) groups excluding carboxylic acids is 1. The minimum Gasteiger partial charge on any atom is -0.397 e. The standard InChI is InChI=1S/C10H11ClF3N3O2/c11-8-7(3-6(15)4-16-8)9(19)17(1-2-18)5-10(12,13)14/h3-4,18H,1-2,5,15H2. The van der Waals surface area contributed by atoms with Crippen LogP contribution >= 0.6 is 11.6 Å². The zero-order chi connectivity index (χ0) is 14.6. The Hall–Kier alpha value is -1.54. The highest BCUT2D eigenvalue weighted by Gasteiger charge is 2.33. The van der Waals surface area contributed by atoms with Crippen molar-refractivity contribution in [1.82, 2.24) is 9.88 Å². The first-order valence-corrected chi connectivity index (χ1v) is 5.50. The van der Waals surface area contributed by atoms with Gasteiger partial charge in [-0.15, -0.1) is 0 Å². The molecule has 106 valence electrons. The van der Waals surface area contributed by atoms with Crippen LogP contribution in [0.1, 0.15) is 10.4 Å². The lowest BCUT2D eigenvalue weighted by Crippen LogP contribution is -2.40. The summed E-state index contributed by atoms with van der Waals surface area (Å²) in [5, 5.41) is 8.47. The van der Waals surface area contributed by atoms with Gasteiger partial charge in [-0.1, -0.05) is 11.6 Å². The number of aliphatic hydroxyl groups is 1. The molecule has 0 saturated heterocycles. The third-order valence-electron chi connectivity index (χ3n) is 2.12. The summed E-state index contributed by atoms with van der Waals surface area (Å²) in [4.78, 5) is 15.9. The normalized spacial score (nSPS) is 11.4. The van der Waals surface area contributed by atoms with Crippen LogP contribution in [0.5, 0.6) is 0 Å². The summed E-state index contributed by atoms with van der Waals surface area (Å²) in [6.45, 7) is -2.56. The first-order chi connectivity index (χ1) is 8.74. The zero-order valence-corrected chi connectivity index (χ0v) is 10.4. The van der Waals surface area contributed by atoms with Crippen molar-refractivity contribution in [3.05, 3.63) is 23.0 Å². The highest BCUT2D eigenvalue weighted by Crippen LogP contribution is 2.21. The Balaban J connectivity index is 3.02. The SMILES string of the molecule is Nc1cnc(Cl)c(C(=O)N(CCO)CC(F)(F)F)c1. The average Bonchev–Trinajstić information content (AvgIpc) is 2.29. The molecule has 19 heavy (non-hydrogen) atoms. The summed E-state index contributed by atoms with van der Waals surface area (Å²) in [7, 11) is 0. The maximum atomic E-state index is 12.3. The minimum absolute atomic E-state index is 0.101. The molecule has 0 aliphatic heterocycles. The average molecular weight is 298 g/mol. The number of nitrogens with zero attached hydrogens (tertiary/aromatic N) is 2. The third kappa shape index (κ3) is 4.56. The van der Waals surface area contributed by atoms with E-state index in [9.17, 15) is 18.0 Å². The molecule has 1 heterocycles. The Morgan fingerprint density at radius 3 is 2.68 bits per heavy atom. The zero-order valence-electron chi connectivity index (χ0n) is 9.62. The Morgan fingerprint density at radius 1 is 1.53 bits per heavy atom. The summed E-state index contributed by atoms with van der Waals surface area (Å²) < 4.78 is 37.0. The van der Waals surface area contributed by atoms with Crippen molar-refractivity contribution in [1.29, 1.82) is 0 Å². The van der Waals surface area contributed by atoms with Crippen LogP contribution < -0.4 is 5.73 Å². The van der Waals surface area contributed by atoms with Crippen LogP contribution in [0.25, 0.3) is 0 Å². The fourth-order valence-corrected chi connectivity index (χ4v) is 1.56. The van der Waals surface area contributed by atoms with E-state index in [1.165, 1.54) is 6.20 Å². The number of nitrogens with two attached hydrogens (primary N) is 1. The highest BCUT2D eigenvalue weighted by molar-refractivity contribution is 6.32. The van der Waals surface area contributed by atoms with E-state index in [0.29, 0.717) is 4.90 Å². The molecule has 1 aromatic rings. The molecule has 0 aliphatic carbocycles. The van der Waals surface area contributed by atoms with Crippen molar-refractivity contribution in [2.75, 3.05) is 25.4 Å². The van der Waals surface area contributed by atoms with Crippen LogP contribution in [0, 0.1) is 0 Å². The number of alkyl halides is 3. The van der Waals surface area contributed by atoms with Crippen LogP contribution in [0.4, 0.5) is 18.9 Å². The Morgan fingerprint density at radius 2 is 2.16 bits per heavy atom. The van der Waals surface area contributed by atoms with Crippen molar-refractivity contribution < 1.29 is 23.1 Å². The number of hydrogen-bond donors (Lipinski definition) is 2. The van der Waals surface area contributed by atoms with E-state index in [1.807, 2.05) is 0 Å². The minimum atomic E-state index is -4.58. The predicted molar refractivity (Wildman–Crippen MR) is 62.7 cm³/mol. The Bertz CT molecular complexity index is 468. The van der Waals surface area contributed by atoms with Crippen LogP contribution in [0.15, 0.2) is 12.3 Å². The molecule has 1 amide bonds. The summed E-state index contributed by atoms with van der Waals surface area (Å²) in [6, 6.07) is 1.14. The highest BCUT2D eigenvalue weighted by atomic mass is 35.5. The van der Waals surface area contributed by atoms with Crippen LogP contribution in [-0.4, -0.2) is 46.8 Å². The first-order valence-electron chi connectivity index (χ1n) is 5.12. The molecule has 0 atom stereocenters. The van der Waals surface area contributed by atoms with Crippen molar-refractivity contribution in [3.8, 4) is 0 Å². The molecule has 5 nitrogen and oxygen atoms in total. The van der Waals surface area contributed by atoms with Gasteiger partial charge < -0.3 is 15.7 Å². The molecule has 1 aromatic heterocycles. The van der Waals surface area contributed by atoms with Gasteiger partial charge in [0, 0.05) is 6.54 Å². The molecule has 0 saturated carbocycles. The van der Waals surface area contributed by atoms with Gasteiger partial charge in [-0.05, 0) is 6.07 Å². The topological polar surface area (TPSA) is 79.5 Å². The molecule has 0 unspecified atom stereocenters. The largest absolute Gasteiger partial charge is 0.406 e. The number of nitrogen functional groups attached to an aromatic ring is 1. The Kier molecular flexibility index (Phi) is 4.96. The fraction of sp³-hybridized carbons (Fsp3) is 0.400. The summed E-state index contributed by atoms with van der Waals surface area (Å²) in [5.41, 5.74) is 5.27. The predicted octanol–water partition coefficient (Wildman–Crippen LogP) is 1.31. The maximum absolute atomic E-state index is 12.3. The molecular formula is C10H11ClF3N3O2. The van der Waals surface area contributed by atoms with Gasteiger partial charge in [-0.2, -0.15) is 13.2 Å². The second-order valence-electron chi connectivity index (χ2n) is 3.67. The molecule has 0 radical (unpaired) electrons. The summed E-state index contributed by atoms with van der Waals surface area (Å²) >= 11 is 5.65. The van der Waals surface area contributed by atoms with E-state index < -0.39 is 31.8 Å². The number of aliphatic hydroxyl groups excluding tert-OH is 1. The molecule has 3 N–H and O–H groups in total. The lowest BCUT2D eigenvalue weighted by Gasteiger charge is -2.23. The van der Waals surface area contributed by atoms with Gasteiger partial charge >= 0.3 is 6.18 Å². The molecule has 0 spiro atoms. The summed E-state index contributed by atoms with van der Waals surface area (Å²) in [5.74, 6) is -0.990. The Labute approximate surface area is 111 Å². The smallest absolute Gasteiger partial charge is 0.397 e. The van der Waals surface area contributed by atoms with Crippen molar-refractivity contribution in [2.24, 2.45) is 0 Å². The van der Waals surface area contributed by atoms with Gasteiger partial charge in [0.1, 0.15) is 11.7 Å². The molecule has 1 rings (SSSR count). The number of anilines is 1. The van der Waals surface area contributed by atoms with Gasteiger partial charge in [-0.3, -0.25) is 4.79 Å². The number of rotatable bonds is 4. The maximum Gasteiger partial charge on any atom is 0.406 e. The second kappa shape index (κ2) is 6.07. The molecule has 9 heteroatoms. The molecular weight excluding hydrogens is 287 g/mol. The van der Waals surface area contributed by atoms with Gasteiger partial charge in [0.25, 0.3) is 5.91 Å². The lowest BCUT2D eigenvalue weighted by molar-refractivity contribution is -0.141. The van der Waals surface area contributed by atoms with Gasteiger partial charge in [0.15, 0.2) is 0 Å². The van der Waals surface area contributed by atoms with Crippen LogP contribution in [0.3, 0.4) is 0 Å². The number of halogens is 4. The van der Waals surface area contributed by atoms with E-state index in [-0.39, 0.29) is 16.4 Å². The fourth-order valence-electron chi connectivity index (χ4n) is 1.37. The number of carbonyl (C=O) groups is 1. The monoisotopic (exact) mass is 297 g/mol. The van der Waals surface area contributed by atoms with Crippen molar-refractivity contribution in [3.63, 3.8) is 0 Å². The second-order valence-corrected chi connectivity index (χ2v) is 4.03. The lowest BCUT2D eigenvalue weighted by atomic mass is 10.2. The van der Waals surface area contributed by atoms with E-state index in [1.54, 1.807) is 0 Å². The number of amides is 1. The van der Waals surface area contributed by atoms with E-state index >= 15 is 0 Å². The van der Waals surface area contributed by atoms with Gasteiger partial charge in [-0.25, -0.2) is 4.98 Å².